The second kappa shape index (κ2) is 7.84. The van der Waals surface area contributed by atoms with Gasteiger partial charge >= 0.3 is 0 Å². The molecule has 4 rings (SSSR count). The third kappa shape index (κ3) is 3.52. The zero-order valence-electron chi connectivity index (χ0n) is 17.6. The maximum Gasteiger partial charge on any atom is 0.164 e. The number of aliphatic imine (C=N–C) groups is 1. The molecule has 3 aromatic heterocycles. The summed E-state index contributed by atoms with van der Waals surface area (Å²) in [6.45, 7) is 12.9. The van der Waals surface area contributed by atoms with Gasteiger partial charge in [-0.05, 0) is 38.8 Å². The second-order valence-electron chi connectivity index (χ2n) is 7.42. The van der Waals surface area contributed by atoms with Gasteiger partial charge in [0.15, 0.2) is 5.65 Å². The molecule has 1 aromatic carbocycles. The molecule has 6 nitrogen and oxygen atoms in total. The van der Waals surface area contributed by atoms with E-state index in [1.807, 2.05) is 48.9 Å². The Labute approximate surface area is 179 Å². The fraction of sp³-hybridized carbons (Fsp3) is 0.217. The lowest BCUT2D eigenvalue weighted by Gasteiger charge is -2.05. The monoisotopic (exact) mass is 416 g/mol. The zero-order chi connectivity index (χ0) is 21.4. The van der Waals surface area contributed by atoms with Crippen molar-refractivity contribution in [2.45, 2.75) is 34.2 Å². The summed E-state index contributed by atoms with van der Waals surface area (Å²) in [4.78, 5) is 14.8. The van der Waals surface area contributed by atoms with Gasteiger partial charge in [-0.2, -0.15) is 5.10 Å². The van der Waals surface area contributed by atoms with Gasteiger partial charge in [-0.1, -0.05) is 36.9 Å². The molecule has 0 aliphatic rings. The number of allylic oxidation sites excluding steroid dienone is 1. The number of nitrogens with zero attached hydrogens (tertiary/aromatic N) is 5. The molecule has 30 heavy (non-hydrogen) atoms. The Morgan fingerprint density at radius 3 is 2.60 bits per heavy atom. The molecule has 4 aromatic rings. The number of hydrogen-bond donors (Lipinski definition) is 1. The largest absolute Gasteiger partial charge is 0.383 e. The molecule has 152 valence electrons. The number of nitrogens with two attached hydrogens (primary N) is 1. The predicted molar refractivity (Wildman–Crippen MR) is 126 cm³/mol. The van der Waals surface area contributed by atoms with Crippen molar-refractivity contribution in [2.24, 2.45) is 4.99 Å². The third-order valence-corrected chi connectivity index (χ3v) is 6.17. The lowest BCUT2D eigenvalue weighted by Crippen LogP contribution is -2.09. The van der Waals surface area contributed by atoms with Gasteiger partial charge in [-0.3, -0.25) is 0 Å². The quantitative estimate of drug-likeness (QED) is 0.431. The van der Waals surface area contributed by atoms with Gasteiger partial charge in [-0.15, -0.1) is 11.3 Å². The molecular formula is C23H24N6S. The van der Waals surface area contributed by atoms with Crippen LogP contribution in [0.25, 0.3) is 27.9 Å². The van der Waals surface area contributed by atoms with Crippen molar-refractivity contribution >= 4 is 44.5 Å². The third-order valence-electron chi connectivity index (χ3n) is 5.07. The highest BCUT2D eigenvalue weighted by Crippen LogP contribution is 2.39. The molecular weight excluding hydrogens is 392 g/mol. The molecule has 0 fully saturated rings. The van der Waals surface area contributed by atoms with Crippen LogP contribution in [0, 0.1) is 13.8 Å². The van der Waals surface area contributed by atoms with Crippen molar-refractivity contribution in [2.75, 3.05) is 5.73 Å². The number of hydrogen-bond acceptors (Lipinski definition) is 6. The Morgan fingerprint density at radius 2 is 1.90 bits per heavy atom. The molecule has 0 unspecified atom stereocenters. The van der Waals surface area contributed by atoms with E-state index in [-0.39, 0.29) is 0 Å². The Bertz CT molecular complexity index is 1280. The van der Waals surface area contributed by atoms with E-state index < -0.39 is 0 Å². The van der Waals surface area contributed by atoms with E-state index in [1.165, 1.54) is 16.8 Å². The van der Waals surface area contributed by atoms with E-state index in [9.17, 15) is 0 Å². The first-order valence-corrected chi connectivity index (χ1v) is 10.5. The first-order valence-electron chi connectivity index (χ1n) is 9.69. The number of benzene rings is 1. The maximum atomic E-state index is 6.19. The fourth-order valence-corrected chi connectivity index (χ4v) is 4.73. The zero-order valence-corrected chi connectivity index (χ0v) is 18.4. The van der Waals surface area contributed by atoms with E-state index in [4.69, 9.17) is 15.8 Å². The van der Waals surface area contributed by atoms with Crippen LogP contribution < -0.4 is 5.73 Å². The van der Waals surface area contributed by atoms with Crippen LogP contribution in [0.5, 0.6) is 0 Å². The highest BCUT2D eigenvalue weighted by Gasteiger charge is 2.18. The van der Waals surface area contributed by atoms with Gasteiger partial charge in [0.2, 0.25) is 0 Å². The molecule has 0 saturated carbocycles. The van der Waals surface area contributed by atoms with E-state index in [1.54, 1.807) is 11.3 Å². The fourth-order valence-electron chi connectivity index (χ4n) is 3.55. The lowest BCUT2D eigenvalue weighted by atomic mass is 10.1. The minimum absolute atomic E-state index is 0.425. The van der Waals surface area contributed by atoms with E-state index in [2.05, 4.69) is 30.4 Å². The summed E-state index contributed by atoms with van der Waals surface area (Å²) in [7, 11) is 0. The molecule has 0 bridgehead atoms. The van der Waals surface area contributed by atoms with Crippen LogP contribution in [0.4, 0.5) is 10.8 Å². The van der Waals surface area contributed by atoms with E-state index in [0.717, 1.165) is 38.5 Å². The van der Waals surface area contributed by atoms with Crippen LogP contribution in [0.15, 0.2) is 48.2 Å². The normalized spacial score (nSPS) is 11.9. The first kappa shape index (κ1) is 20.0. The Hall–Kier alpha value is -3.32. The molecule has 7 heteroatoms. The second-order valence-corrected chi connectivity index (χ2v) is 8.62. The van der Waals surface area contributed by atoms with Crippen LogP contribution in [0.3, 0.4) is 0 Å². The topological polar surface area (TPSA) is 82.0 Å². The number of aromatic nitrogens is 4. The number of thiophene rings is 1. The summed E-state index contributed by atoms with van der Waals surface area (Å²) in [5.74, 6) is 0.425. The number of aryl methyl sites for hydroxylation is 1. The molecule has 0 aliphatic heterocycles. The summed E-state index contributed by atoms with van der Waals surface area (Å²) >= 11 is 1.69. The van der Waals surface area contributed by atoms with Crippen molar-refractivity contribution in [1.29, 1.82) is 0 Å². The Morgan fingerprint density at radius 1 is 1.17 bits per heavy atom. The Balaban J connectivity index is 1.79. The van der Waals surface area contributed by atoms with Gasteiger partial charge in [-0.25, -0.2) is 19.6 Å². The highest BCUT2D eigenvalue weighted by atomic mass is 32.1. The summed E-state index contributed by atoms with van der Waals surface area (Å²) in [6, 6.07) is 9.95. The Kier molecular flexibility index (Phi) is 5.22. The molecule has 3 heterocycles. The van der Waals surface area contributed by atoms with E-state index >= 15 is 0 Å². The molecule has 2 N–H and O–H groups in total. The lowest BCUT2D eigenvalue weighted by molar-refractivity contribution is 0.742. The van der Waals surface area contributed by atoms with Crippen molar-refractivity contribution in [3.63, 3.8) is 0 Å². The maximum absolute atomic E-state index is 6.19. The standard InChI is InChI=1S/C23H24N6S/c1-13(2)18-15(4)16(5)30-23(18)27-14(3)11-29-22-19(21(24)25-12-26-22)20(28-29)17-9-7-6-8-10-17/h6-10,12H,1,11H2,2-5H3,(H2,24,25,26)/b27-14+. The van der Waals surface area contributed by atoms with Crippen LogP contribution in [0.1, 0.15) is 29.9 Å². The summed E-state index contributed by atoms with van der Waals surface area (Å²) < 4.78 is 1.85. The molecule has 0 spiro atoms. The SMILES string of the molecule is C=C(C)c1c(/N=C(\C)Cn2nc(-c3ccccc3)c3c(N)ncnc32)sc(C)c1C. The summed E-state index contributed by atoms with van der Waals surface area (Å²) in [5.41, 5.74) is 13.0. The average molecular weight is 417 g/mol. The molecule has 0 amide bonds. The molecule has 0 aliphatic carbocycles. The van der Waals surface area contributed by atoms with Gasteiger partial charge in [0.05, 0.1) is 11.9 Å². The highest BCUT2D eigenvalue weighted by molar-refractivity contribution is 7.16. The van der Waals surface area contributed by atoms with Gasteiger partial charge in [0.25, 0.3) is 0 Å². The average Bonchev–Trinajstić information content (AvgIpc) is 3.21. The molecule has 0 radical (unpaired) electrons. The number of rotatable bonds is 5. The minimum atomic E-state index is 0.425. The van der Waals surface area contributed by atoms with Crippen LogP contribution in [-0.2, 0) is 6.54 Å². The van der Waals surface area contributed by atoms with Gasteiger partial charge < -0.3 is 5.73 Å². The van der Waals surface area contributed by atoms with Crippen LogP contribution in [0.2, 0.25) is 0 Å². The van der Waals surface area contributed by atoms with Crippen LogP contribution >= 0.6 is 11.3 Å². The smallest absolute Gasteiger partial charge is 0.164 e. The number of nitrogen functional groups attached to an aromatic ring is 1. The van der Waals surface area contributed by atoms with E-state index in [0.29, 0.717) is 18.0 Å². The van der Waals surface area contributed by atoms with Gasteiger partial charge in [0, 0.05) is 21.7 Å². The molecule has 0 atom stereocenters. The number of anilines is 1. The van der Waals surface area contributed by atoms with Crippen molar-refractivity contribution in [1.82, 2.24) is 19.7 Å². The van der Waals surface area contributed by atoms with Crippen LogP contribution in [-0.4, -0.2) is 25.5 Å². The summed E-state index contributed by atoms with van der Waals surface area (Å²) in [5, 5.41) is 6.58. The first-order chi connectivity index (χ1) is 14.4. The van der Waals surface area contributed by atoms with Crippen molar-refractivity contribution in [3.05, 3.63) is 59.2 Å². The van der Waals surface area contributed by atoms with Gasteiger partial charge in [0.1, 0.15) is 22.8 Å². The predicted octanol–water partition coefficient (Wildman–Crippen LogP) is 5.58. The number of fused-ring (bicyclic) bond motifs is 1. The summed E-state index contributed by atoms with van der Waals surface area (Å²) in [6.07, 6.45) is 1.47. The minimum Gasteiger partial charge on any atom is -0.383 e. The molecule has 0 saturated heterocycles. The van der Waals surface area contributed by atoms with Crippen molar-refractivity contribution < 1.29 is 0 Å². The van der Waals surface area contributed by atoms with Crippen molar-refractivity contribution in [3.8, 4) is 11.3 Å².